The van der Waals surface area contributed by atoms with Crippen molar-refractivity contribution in [3.63, 3.8) is 0 Å². The number of aliphatic carboxylic acids is 1. The first-order valence-electron chi connectivity index (χ1n) is 4.75. The summed E-state index contributed by atoms with van der Waals surface area (Å²) in [7, 11) is 0. The minimum Gasteiger partial charge on any atom is -0.480 e. The van der Waals surface area contributed by atoms with Gasteiger partial charge in [0.15, 0.2) is 0 Å². The SMILES string of the molecule is CC(C)(NC(=O)c1coc(C(F)(F)F)c1)C(=O)O. The molecule has 0 spiro atoms. The van der Waals surface area contributed by atoms with Gasteiger partial charge in [0.05, 0.1) is 5.56 Å². The molecular weight excluding hydrogens is 255 g/mol. The number of nitrogens with one attached hydrogen (secondary N) is 1. The summed E-state index contributed by atoms with van der Waals surface area (Å²) in [5.74, 6) is -3.59. The molecule has 1 aromatic heterocycles. The summed E-state index contributed by atoms with van der Waals surface area (Å²) in [6, 6.07) is 0.507. The molecule has 1 aromatic rings. The topological polar surface area (TPSA) is 79.5 Å². The van der Waals surface area contributed by atoms with Crippen LogP contribution in [0.3, 0.4) is 0 Å². The Morgan fingerprint density at radius 3 is 2.28 bits per heavy atom. The van der Waals surface area contributed by atoms with E-state index in [-0.39, 0.29) is 0 Å². The van der Waals surface area contributed by atoms with Crippen LogP contribution >= 0.6 is 0 Å². The lowest BCUT2D eigenvalue weighted by Gasteiger charge is -2.20. The highest BCUT2D eigenvalue weighted by Crippen LogP contribution is 2.30. The number of amides is 1. The second-order valence-electron chi connectivity index (χ2n) is 4.08. The van der Waals surface area contributed by atoms with E-state index in [4.69, 9.17) is 5.11 Å². The van der Waals surface area contributed by atoms with Gasteiger partial charge >= 0.3 is 12.1 Å². The van der Waals surface area contributed by atoms with Crippen molar-refractivity contribution in [1.29, 1.82) is 0 Å². The summed E-state index contributed by atoms with van der Waals surface area (Å²) in [5, 5.41) is 10.8. The lowest BCUT2D eigenvalue weighted by molar-refractivity contribution is -0.153. The maximum atomic E-state index is 12.2. The van der Waals surface area contributed by atoms with Gasteiger partial charge in [-0.2, -0.15) is 13.2 Å². The quantitative estimate of drug-likeness (QED) is 0.874. The zero-order chi connectivity index (χ0) is 14.1. The molecule has 5 nitrogen and oxygen atoms in total. The van der Waals surface area contributed by atoms with Crippen molar-refractivity contribution in [3.8, 4) is 0 Å². The molecule has 2 N–H and O–H groups in total. The van der Waals surface area contributed by atoms with E-state index in [0.717, 1.165) is 0 Å². The van der Waals surface area contributed by atoms with Gasteiger partial charge in [-0.05, 0) is 13.8 Å². The first-order valence-corrected chi connectivity index (χ1v) is 4.75. The van der Waals surface area contributed by atoms with E-state index in [2.05, 4.69) is 9.73 Å². The van der Waals surface area contributed by atoms with E-state index in [1.54, 1.807) is 0 Å². The van der Waals surface area contributed by atoms with Crippen LogP contribution in [-0.4, -0.2) is 22.5 Å². The molecule has 0 aliphatic carbocycles. The monoisotopic (exact) mass is 265 g/mol. The van der Waals surface area contributed by atoms with Crippen LogP contribution in [0.1, 0.15) is 30.0 Å². The van der Waals surface area contributed by atoms with Crippen molar-refractivity contribution in [2.75, 3.05) is 0 Å². The third-order valence-corrected chi connectivity index (χ3v) is 2.10. The molecule has 0 atom stereocenters. The molecule has 0 aliphatic rings. The van der Waals surface area contributed by atoms with Gasteiger partial charge in [-0.25, -0.2) is 4.79 Å². The van der Waals surface area contributed by atoms with E-state index in [0.29, 0.717) is 12.3 Å². The second-order valence-corrected chi connectivity index (χ2v) is 4.08. The number of carbonyl (C=O) groups excluding carboxylic acids is 1. The highest BCUT2D eigenvalue weighted by atomic mass is 19.4. The Labute approximate surface area is 99.6 Å². The number of halogens is 3. The molecule has 1 heterocycles. The molecule has 1 amide bonds. The molecule has 0 aromatic carbocycles. The van der Waals surface area contributed by atoms with Crippen LogP contribution in [0.5, 0.6) is 0 Å². The molecule has 0 aliphatic heterocycles. The number of carboxylic acids is 1. The zero-order valence-electron chi connectivity index (χ0n) is 9.46. The number of furan rings is 1. The van der Waals surface area contributed by atoms with E-state index >= 15 is 0 Å². The predicted octanol–water partition coefficient (Wildman–Crippen LogP) is 1.89. The highest BCUT2D eigenvalue weighted by Gasteiger charge is 2.36. The van der Waals surface area contributed by atoms with Crippen molar-refractivity contribution >= 4 is 11.9 Å². The van der Waals surface area contributed by atoms with Gasteiger partial charge in [0.2, 0.25) is 5.76 Å². The first kappa shape index (κ1) is 14.1. The van der Waals surface area contributed by atoms with Crippen LogP contribution in [0.15, 0.2) is 16.7 Å². The van der Waals surface area contributed by atoms with Gasteiger partial charge in [-0.3, -0.25) is 4.79 Å². The van der Waals surface area contributed by atoms with Crippen LogP contribution in [-0.2, 0) is 11.0 Å². The first-order chi connectivity index (χ1) is 8.04. The highest BCUT2D eigenvalue weighted by molar-refractivity contribution is 5.97. The number of hydrogen-bond donors (Lipinski definition) is 2. The third-order valence-electron chi connectivity index (χ3n) is 2.10. The van der Waals surface area contributed by atoms with Crippen LogP contribution in [0.25, 0.3) is 0 Å². The Bertz CT molecular complexity index is 476. The molecule has 0 bridgehead atoms. The lowest BCUT2D eigenvalue weighted by Crippen LogP contribution is -2.49. The Balaban J connectivity index is 2.87. The van der Waals surface area contributed by atoms with Crippen molar-refractivity contribution in [2.45, 2.75) is 25.6 Å². The number of rotatable bonds is 3. The van der Waals surface area contributed by atoms with Gasteiger partial charge in [-0.15, -0.1) is 0 Å². The average Bonchev–Trinajstić information content (AvgIpc) is 2.64. The van der Waals surface area contributed by atoms with E-state index in [9.17, 15) is 22.8 Å². The van der Waals surface area contributed by atoms with Crippen molar-refractivity contribution in [3.05, 3.63) is 23.7 Å². The van der Waals surface area contributed by atoms with Gasteiger partial charge in [0.25, 0.3) is 5.91 Å². The summed E-state index contributed by atoms with van der Waals surface area (Å²) in [6.45, 7) is 2.41. The summed E-state index contributed by atoms with van der Waals surface area (Å²) < 4.78 is 40.8. The van der Waals surface area contributed by atoms with Gasteiger partial charge in [0, 0.05) is 6.07 Å². The molecule has 0 unspecified atom stereocenters. The van der Waals surface area contributed by atoms with Crippen LogP contribution in [0.2, 0.25) is 0 Å². The fraction of sp³-hybridized carbons (Fsp3) is 0.400. The molecule has 1 rings (SSSR count). The maximum Gasteiger partial charge on any atom is 0.449 e. The fourth-order valence-corrected chi connectivity index (χ4v) is 1.01. The van der Waals surface area contributed by atoms with Crippen molar-refractivity contribution < 1.29 is 32.3 Å². The molecule has 100 valence electrons. The van der Waals surface area contributed by atoms with E-state index in [1.165, 1.54) is 13.8 Å². The van der Waals surface area contributed by atoms with Gasteiger partial charge in [0.1, 0.15) is 11.8 Å². The summed E-state index contributed by atoms with van der Waals surface area (Å²) in [6.07, 6.45) is -4.07. The second kappa shape index (κ2) is 4.35. The standard InChI is InChI=1S/C10H10F3NO4/c1-9(2,8(16)17)14-7(15)5-3-6(18-4-5)10(11,12)13/h3-4H,1-2H3,(H,14,15)(H,16,17). The Morgan fingerprint density at radius 1 is 1.33 bits per heavy atom. The van der Waals surface area contributed by atoms with E-state index < -0.39 is 34.9 Å². The normalized spacial score (nSPS) is 12.3. The number of alkyl halides is 3. The minimum absolute atomic E-state index is 0.392. The fourth-order valence-electron chi connectivity index (χ4n) is 1.01. The Kier molecular flexibility index (Phi) is 3.40. The molecule has 0 fully saturated rings. The molecule has 0 saturated heterocycles. The molecular formula is C10H10F3NO4. The third kappa shape index (κ3) is 3.02. The van der Waals surface area contributed by atoms with Crippen LogP contribution in [0.4, 0.5) is 13.2 Å². The zero-order valence-corrected chi connectivity index (χ0v) is 9.46. The summed E-state index contributed by atoms with van der Waals surface area (Å²) in [5.41, 5.74) is -1.98. The predicted molar refractivity (Wildman–Crippen MR) is 52.9 cm³/mol. The number of hydrogen-bond acceptors (Lipinski definition) is 3. The molecule has 8 heteroatoms. The van der Waals surface area contributed by atoms with Crippen molar-refractivity contribution in [2.24, 2.45) is 0 Å². The van der Waals surface area contributed by atoms with Gasteiger partial charge in [-0.1, -0.05) is 0 Å². The summed E-state index contributed by atoms with van der Waals surface area (Å²) in [4.78, 5) is 22.2. The molecule has 0 saturated carbocycles. The van der Waals surface area contributed by atoms with Crippen LogP contribution in [0, 0.1) is 0 Å². The minimum atomic E-state index is -4.69. The lowest BCUT2D eigenvalue weighted by atomic mass is 10.1. The van der Waals surface area contributed by atoms with Crippen LogP contribution < -0.4 is 5.32 Å². The average molecular weight is 265 g/mol. The smallest absolute Gasteiger partial charge is 0.449 e. The van der Waals surface area contributed by atoms with Gasteiger partial charge < -0.3 is 14.8 Å². The van der Waals surface area contributed by atoms with E-state index in [1.807, 2.05) is 0 Å². The maximum absolute atomic E-state index is 12.2. The number of carboxylic acid groups (broad SMARTS) is 1. The van der Waals surface area contributed by atoms with Crippen molar-refractivity contribution in [1.82, 2.24) is 5.32 Å². The largest absolute Gasteiger partial charge is 0.480 e. The Hall–Kier alpha value is -1.99. The summed E-state index contributed by atoms with van der Waals surface area (Å²) >= 11 is 0. The Morgan fingerprint density at radius 2 is 1.89 bits per heavy atom. The number of carbonyl (C=O) groups is 2. The molecule has 0 radical (unpaired) electrons. The molecule has 18 heavy (non-hydrogen) atoms.